The van der Waals surface area contributed by atoms with Gasteiger partial charge >= 0.3 is 0 Å². The average molecular weight is 413 g/mol. The minimum absolute atomic E-state index is 0.0581. The fourth-order valence-electron chi connectivity index (χ4n) is 3.89. The highest BCUT2D eigenvalue weighted by Crippen LogP contribution is 2.18. The van der Waals surface area contributed by atoms with Crippen molar-refractivity contribution in [2.24, 2.45) is 0 Å². The van der Waals surface area contributed by atoms with Gasteiger partial charge in [0.05, 0.1) is 6.42 Å². The maximum absolute atomic E-state index is 13.1. The van der Waals surface area contributed by atoms with Crippen molar-refractivity contribution in [2.45, 2.75) is 57.5 Å². The maximum atomic E-state index is 13.1. The second kappa shape index (κ2) is 10.4. The Labute approximate surface area is 178 Å². The summed E-state index contributed by atoms with van der Waals surface area (Å²) >= 11 is 6.07. The van der Waals surface area contributed by atoms with Gasteiger partial charge in [0.2, 0.25) is 11.8 Å². The van der Waals surface area contributed by atoms with Crippen LogP contribution >= 0.6 is 11.6 Å². The van der Waals surface area contributed by atoms with Gasteiger partial charge < -0.3 is 10.2 Å². The topological polar surface area (TPSA) is 49.4 Å². The molecule has 1 unspecified atom stereocenters. The van der Waals surface area contributed by atoms with Gasteiger partial charge in [-0.15, -0.1) is 0 Å². The van der Waals surface area contributed by atoms with Gasteiger partial charge in [0, 0.05) is 17.6 Å². The van der Waals surface area contributed by atoms with E-state index in [4.69, 9.17) is 11.6 Å². The lowest BCUT2D eigenvalue weighted by molar-refractivity contribution is -0.139. The normalized spacial score (nSPS) is 15.1. The van der Waals surface area contributed by atoms with E-state index in [-0.39, 0.29) is 24.3 Å². The maximum Gasteiger partial charge on any atom is 0.242 e. The first-order valence-corrected chi connectivity index (χ1v) is 10.8. The summed E-state index contributed by atoms with van der Waals surface area (Å²) in [4.78, 5) is 27.7. The summed E-state index contributed by atoms with van der Waals surface area (Å²) in [6.07, 6.45) is 5.31. The number of nitrogens with zero attached hydrogens (tertiary/aromatic N) is 1. The number of halogens is 1. The minimum Gasteiger partial charge on any atom is -0.352 e. The predicted octanol–water partition coefficient (Wildman–Crippen LogP) is 4.40. The molecule has 1 aliphatic rings. The summed E-state index contributed by atoms with van der Waals surface area (Å²) in [6, 6.07) is 17.1. The van der Waals surface area contributed by atoms with E-state index in [9.17, 15) is 9.59 Å². The molecule has 1 atom stereocenters. The molecule has 1 fully saturated rings. The molecule has 3 rings (SSSR count). The Morgan fingerprint density at radius 1 is 1.07 bits per heavy atom. The lowest BCUT2D eigenvalue weighted by atomic mass is 10.1. The van der Waals surface area contributed by atoms with Crippen LogP contribution in [0.25, 0.3) is 0 Å². The number of carbonyl (C=O) groups is 2. The molecule has 29 heavy (non-hydrogen) atoms. The molecule has 2 aromatic rings. The zero-order valence-corrected chi connectivity index (χ0v) is 17.7. The molecule has 0 heterocycles. The molecule has 1 N–H and O–H groups in total. The highest BCUT2D eigenvalue weighted by Gasteiger charge is 2.28. The van der Waals surface area contributed by atoms with Crippen molar-refractivity contribution >= 4 is 23.4 Å². The number of hydrogen-bond donors (Lipinski definition) is 1. The molecule has 1 saturated carbocycles. The standard InChI is InChI=1S/C24H29ClN2O2/c1-18(24(29)26-22-12-5-6-13-22)27(15-14-19-8-3-2-4-9-19)23(28)17-20-10-7-11-21(25)16-20/h2-4,7-11,16,18,22H,5-6,12-15,17H2,1H3,(H,26,29). The highest BCUT2D eigenvalue weighted by molar-refractivity contribution is 6.30. The van der Waals surface area contributed by atoms with E-state index in [1.807, 2.05) is 49.4 Å². The molecule has 5 heteroatoms. The van der Waals surface area contributed by atoms with Crippen LogP contribution in [-0.4, -0.2) is 35.3 Å². The lowest BCUT2D eigenvalue weighted by Crippen LogP contribution is -2.51. The Morgan fingerprint density at radius 2 is 1.76 bits per heavy atom. The Hall–Kier alpha value is -2.33. The smallest absolute Gasteiger partial charge is 0.242 e. The zero-order valence-electron chi connectivity index (χ0n) is 16.9. The lowest BCUT2D eigenvalue weighted by Gasteiger charge is -2.30. The summed E-state index contributed by atoms with van der Waals surface area (Å²) in [7, 11) is 0. The van der Waals surface area contributed by atoms with E-state index in [1.54, 1.807) is 17.0 Å². The molecule has 0 aromatic heterocycles. The number of hydrogen-bond acceptors (Lipinski definition) is 2. The van der Waals surface area contributed by atoms with Crippen LogP contribution < -0.4 is 5.32 Å². The Morgan fingerprint density at radius 3 is 2.45 bits per heavy atom. The Bertz CT molecular complexity index is 819. The van der Waals surface area contributed by atoms with Gasteiger partial charge in [-0.3, -0.25) is 9.59 Å². The molecule has 0 saturated heterocycles. The van der Waals surface area contributed by atoms with Crippen molar-refractivity contribution < 1.29 is 9.59 Å². The van der Waals surface area contributed by atoms with Crippen molar-refractivity contribution in [2.75, 3.05) is 6.54 Å². The van der Waals surface area contributed by atoms with Crippen LogP contribution in [0.15, 0.2) is 54.6 Å². The van der Waals surface area contributed by atoms with Gasteiger partial charge in [0.25, 0.3) is 0 Å². The number of benzene rings is 2. The second-order valence-electron chi connectivity index (χ2n) is 7.80. The van der Waals surface area contributed by atoms with Crippen LogP contribution in [0.5, 0.6) is 0 Å². The molecule has 1 aliphatic carbocycles. The van der Waals surface area contributed by atoms with E-state index in [0.29, 0.717) is 18.0 Å². The molecular weight excluding hydrogens is 384 g/mol. The molecule has 2 amide bonds. The second-order valence-corrected chi connectivity index (χ2v) is 8.23. The van der Waals surface area contributed by atoms with Crippen LogP contribution in [0.4, 0.5) is 0 Å². The molecular formula is C24H29ClN2O2. The van der Waals surface area contributed by atoms with E-state index in [0.717, 1.165) is 36.8 Å². The highest BCUT2D eigenvalue weighted by atomic mass is 35.5. The molecule has 2 aromatic carbocycles. The molecule has 0 bridgehead atoms. The summed E-state index contributed by atoms with van der Waals surface area (Å²) in [5.41, 5.74) is 2.01. The summed E-state index contributed by atoms with van der Waals surface area (Å²) in [5, 5.41) is 3.74. The molecule has 0 radical (unpaired) electrons. The van der Waals surface area contributed by atoms with Crippen molar-refractivity contribution in [3.63, 3.8) is 0 Å². The van der Waals surface area contributed by atoms with Gasteiger partial charge in [-0.25, -0.2) is 0 Å². The first-order valence-electron chi connectivity index (χ1n) is 10.4. The van der Waals surface area contributed by atoms with E-state index in [1.165, 1.54) is 0 Å². The van der Waals surface area contributed by atoms with Crippen molar-refractivity contribution in [3.05, 3.63) is 70.7 Å². The number of rotatable bonds is 8. The van der Waals surface area contributed by atoms with Gasteiger partial charge in [-0.2, -0.15) is 0 Å². The monoisotopic (exact) mass is 412 g/mol. The summed E-state index contributed by atoms with van der Waals surface area (Å²) in [5.74, 6) is -0.123. The first kappa shape index (κ1) is 21.4. The number of carbonyl (C=O) groups excluding carboxylic acids is 2. The van der Waals surface area contributed by atoms with Crippen LogP contribution in [0.3, 0.4) is 0 Å². The molecule has 0 spiro atoms. The third kappa shape index (κ3) is 6.33. The number of amides is 2. The molecule has 4 nitrogen and oxygen atoms in total. The third-order valence-corrected chi connectivity index (χ3v) is 5.83. The molecule has 154 valence electrons. The largest absolute Gasteiger partial charge is 0.352 e. The van der Waals surface area contributed by atoms with Crippen LogP contribution in [0.1, 0.15) is 43.7 Å². The Balaban J connectivity index is 1.70. The number of nitrogens with one attached hydrogen (secondary N) is 1. The Kier molecular flexibility index (Phi) is 7.70. The molecule has 0 aliphatic heterocycles. The van der Waals surface area contributed by atoms with Crippen molar-refractivity contribution in [1.29, 1.82) is 0 Å². The van der Waals surface area contributed by atoms with E-state index < -0.39 is 6.04 Å². The van der Waals surface area contributed by atoms with Gasteiger partial charge in [0.1, 0.15) is 6.04 Å². The van der Waals surface area contributed by atoms with Crippen molar-refractivity contribution in [1.82, 2.24) is 10.2 Å². The first-order chi connectivity index (χ1) is 14.0. The van der Waals surface area contributed by atoms with Gasteiger partial charge in [-0.1, -0.05) is 66.9 Å². The van der Waals surface area contributed by atoms with Crippen LogP contribution in [0, 0.1) is 0 Å². The quantitative estimate of drug-likeness (QED) is 0.698. The van der Waals surface area contributed by atoms with Crippen LogP contribution in [-0.2, 0) is 22.4 Å². The fourth-order valence-corrected chi connectivity index (χ4v) is 4.10. The fraction of sp³-hybridized carbons (Fsp3) is 0.417. The minimum atomic E-state index is -0.508. The third-order valence-electron chi connectivity index (χ3n) is 5.60. The predicted molar refractivity (Wildman–Crippen MR) is 117 cm³/mol. The zero-order chi connectivity index (χ0) is 20.6. The summed E-state index contributed by atoms with van der Waals surface area (Å²) in [6.45, 7) is 2.33. The van der Waals surface area contributed by atoms with E-state index in [2.05, 4.69) is 5.32 Å². The van der Waals surface area contributed by atoms with Crippen LogP contribution in [0.2, 0.25) is 5.02 Å². The SMILES string of the molecule is CC(C(=O)NC1CCCC1)N(CCc1ccccc1)C(=O)Cc1cccc(Cl)c1. The van der Waals surface area contributed by atoms with E-state index >= 15 is 0 Å². The van der Waals surface area contributed by atoms with Crippen molar-refractivity contribution in [3.8, 4) is 0 Å². The summed E-state index contributed by atoms with van der Waals surface area (Å²) < 4.78 is 0. The van der Waals surface area contributed by atoms with Gasteiger partial charge in [0.15, 0.2) is 0 Å². The van der Waals surface area contributed by atoms with Gasteiger partial charge in [-0.05, 0) is 49.4 Å². The average Bonchev–Trinajstić information content (AvgIpc) is 3.22.